The molecule has 1 aromatic carbocycles. The quantitative estimate of drug-likeness (QED) is 0.184. The number of fused-ring (bicyclic) bond motifs is 4. The number of alkyl halides is 5. The first-order valence-corrected chi connectivity index (χ1v) is 18.1. The van der Waals surface area contributed by atoms with E-state index in [1.165, 1.54) is 6.92 Å². The Morgan fingerprint density at radius 2 is 1.46 bits per heavy atom. The van der Waals surface area contributed by atoms with E-state index in [2.05, 4.69) is 0 Å². The summed E-state index contributed by atoms with van der Waals surface area (Å²) < 4.78 is 98.1. The van der Waals surface area contributed by atoms with E-state index < -0.39 is 77.2 Å². The lowest BCUT2D eigenvalue weighted by atomic mass is 9.50. The summed E-state index contributed by atoms with van der Waals surface area (Å²) in [6, 6.07) is 7.26. The molecule has 4 aliphatic carbocycles. The van der Waals surface area contributed by atoms with E-state index in [0.717, 1.165) is 27.8 Å². The lowest BCUT2D eigenvalue weighted by Crippen LogP contribution is -2.66. The molecule has 0 heterocycles. The van der Waals surface area contributed by atoms with E-state index in [1.54, 1.807) is 66.7 Å². The number of rotatable bonds is 9. The van der Waals surface area contributed by atoms with Gasteiger partial charge in [0.05, 0.1) is 6.10 Å². The number of benzene rings is 1. The highest BCUT2D eigenvalue weighted by Crippen LogP contribution is 2.71. The van der Waals surface area contributed by atoms with Gasteiger partial charge in [0, 0.05) is 17.8 Å². The van der Waals surface area contributed by atoms with Crippen LogP contribution >= 0.6 is 0 Å². The van der Waals surface area contributed by atoms with Crippen molar-refractivity contribution in [3.8, 4) is 0 Å². The fraction of sp³-hybridized carbons (Fsp3) is 0.675. The van der Waals surface area contributed by atoms with Crippen LogP contribution in [0.1, 0.15) is 123 Å². The van der Waals surface area contributed by atoms with Crippen molar-refractivity contribution < 1.29 is 55.3 Å². The zero-order chi connectivity index (χ0) is 38.7. The first kappa shape index (κ1) is 40.1. The lowest BCUT2D eigenvalue weighted by molar-refractivity contribution is -0.370. The van der Waals surface area contributed by atoms with Gasteiger partial charge >= 0.3 is 24.0 Å². The number of carbonyl (C=O) groups excluding carboxylic acids is 3. The minimum absolute atomic E-state index is 0.0139. The van der Waals surface area contributed by atoms with Crippen molar-refractivity contribution in [3.05, 3.63) is 58.2 Å². The van der Waals surface area contributed by atoms with Crippen LogP contribution in [0.5, 0.6) is 0 Å². The Bertz CT molecular complexity index is 1610. The third kappa shape index (κ3) is 7.61. The molecular formula is C40H51F5O7. The van der Waals surface area contributed by atoms with Gasteiger partial charge in [0.1, 0.15) is 30.0 Å². The summed E-state index contributed by atoms with van der Waals surface area (Å²) >= 11 is 0. The molecule has 0 aliphatic heterocycles. The van der Waals surface area contributed by atoms with Crippen LogP contribution < -0.4 is 0 Å². The number of allylic oxidation sites excluding steroid dienone is 4. The van der Waals surface area contributed by atoms with Gasteiger partial charge in [-0.1, -0.05) is 36.8 Å². The molecule has 288 valence electrons. The third-order valence-corrected chi connectivity index (χ3v) is 11.3. The molecule has 1 aromatic rings. The SMILES string of the molecule is CC(OCC(=O)OC(C)(C)C)c1ccc([C@H]2C[C@@]3(C)C(CC[C@@]3(OCC(=O)OC(C)(C)C)C(F)(F)C(F)(F)F)C3CCC4=CC(=O)CCC4=C32)cc1. The summed E-state index contributed by atoms with van der Waals surface area (Å²) in [5.74, 6) is -8.32. The van der Waals surface area contributed by atoms with E-state index in [1.807, 2.05) is 12.1 Å². The number of halogens is 5. The van der Waals surface area contributed by atoms with E-state index in [0.29, 0.717) is 25.7 Å². The Hall–Kier alpha value is -3.12. The molecule has 0 aromatic heterocycles. The molecular weight excluding hydrogens is 687 g/mol. The zero-order valence-electron chi connectivity index (χ0n) is 31.3. The maximum absolute atomic E-state index is 16.2. The lowest BCUT2D eigenvalue weighted by Gasteiger charge is -2.57. The van der Waals surface area contributed by atoms with E-state index in [9.17, 15) is 27.6 Å². The molecule has 6 atom stereocenters. The van der Waals surface area contributed by atoms with Crippen molar-refractivity contribution in [2.24, 2.45) is 17.3 Å². The second-order valence-corrected chi connectivity index (χ2v) is 17.0. The molecule has 0 saturated heterocycles. The summed E-state index contributed by atoms with van der Waals surface area (Å²) in [6.45, 7) is 11.9. The van der Waals surface area contributed by atoms with Crippen LogP contribution in [-0.2, 0) is 33.3 Å². The smallest absolute Gasteiger partial charge is 0.456 e. The zero-order valence-corrected chi connectivity index (χ0v) is 31.3. The van der Waals surface area contributed by atoms with Crippen molar-refractivity contribution in [2.75, 3.05) is 13.2 Å². The number of hydrogen-bond acceptors (Lipinski definition) is 7. The Balaban J connectivity index is 1.56. The molecule has 0 spiro atoms. The maximum atomic E-state index is 16.2. The molecule has 0 radical (unpaired) electrons. The Morgan fingerprint density at radius 1 is 0.865 bits per heavy atom. The van der Waals surface area contributed by atoms with Gasteiger partial charge < -0.3 is 18.9 Å². The van der Waals surface area contributed by atoms with Crippen molar-refractivity contribution in [2.45, 2.75) is 141 Å². The summed E-state index contributed by atoms with van der Waals surface area (Å²) in [5, 5.41) is 0. The second kappa shape index (κ2) is 13.9. The van der Waals surface area contributed by atoms with Crippen molar-refractivity contribution >= 4 is 17.7 Å². The summed E-state index contributed by atoms with van der Waals surface area (Å²) in [6.07, 6.45) is -3.67. The molecule has 52 heavy (non-hydrogen) atoms. The average molecular weight is 739 g/mol. The number of esters is 2. The minimum Gasteiger partial charge on any atom is -0.458 e. The van der Waals surface area contributed by atoms with Gasteiger partial charge in [0.2, 0.25) is 0 Å². The number of hydrogen-bond donors (Lipinski definition) is 0. The molecule has 12 heteroatoms. The highest BCUT2D eigenvalue weighted by Gasteiger charge is 2.80. The van der Waals surface area contributed by atoms with E-state index in [-0.39, 0.29) is 31.1 Å². The molecule has 0 bridgehead atoms. The fourth-order valence-electron chi connectivity index (χ4n) is 9.23. The molecule has 2 saturated carbocycles. The van der Waals surface area contributed by atoms with Crippen LogP contribution in [0.4, 0.5) is 22.0 Å². The van der Waals surface area contributed by atoms with Gasteiger partial charge in [-0.15, -0.1) is 0 Å². The van der Waals surface area contributed by atoms with Crippen LogP contribution in [0.15, 0.2) is 47.1 Å². The van der Waals surface area contributed by atoms with Crippen LogP contribution in [0.25, 0.3) is 0 Å². The molecule has 0 amide bonds. The summed E-state index contributed by atoms with van der Waals surface area (Å²) in [4.78, 5) is 37.5. The normalized spacial score (nSPS) is 28.8. The van der Waals surface area contributed by atoms with Crippen molar-refractivity contribution in [3.63, 3.8) is 0 Å². The molecule has 3 unspecified atom stereocenters. The topological polar surface area (TPSA) is 88.1 Å². The molecule has 0 N–H and O–H groups in total. The predicted octanol–water partition coefficient (Wildman–Crippen LogP) is 9.30. The molecule has 5 rings (SSSR count). The van der Waals surface area contributed by atoms with E-state index in [4.69, 9.17) is 18.9 Å². The van der Waals surface area contributed by atoms with Gasteiger partial charge in [-0.3, -0.25) is 4.79 Å². The van der Waals surface area contributed by atoms with Crippen LogP contribution in [0.2, 0.25) is 0 Å². The first-order chi connectivity index (χ1) is 23.9. The van der Waals surface area contributed by atoms with E-state index >= 15 is 8.78 Å². The average Bonchev–Trinajstić information content (AvgIpc) is 3.33. The van der Waals surface area contributed by atoms with Gasteiger partial charge in [-0.25, -0.2) is 9.59 Å². The van der Waals surface area contributed by atoms with Crippen LogP contribution in [-0.4, -0.2) is 59.8 Å². The molecule has 7 nitrogen and oxygen atoms in total. The molecule has 2 fully saturated rings. The van der Waals surface area contributed by atoms with Crippen LogP contribution in [0.3, 0.4) is 0 Å². The number of ketones is 1. The number of ether oxygens (including phenoxy) is 4. The first-order valence-electron chi connectivity index (χ1n) is 18.1. The van der Waals surface area contributed by atoms with Gasteiger partial charge in [0.25, 0.3) is 0 Å². The van der Waals surface area contributed by atoms with Crippen molar-refractivity contribution in [1.29, 1.82) is 0 Å². The Morgan fingerprint density at radius 3 is 2.04 bits per heavy atom. The maximum Gasteiger partial charge on any atom is 0.456 e. The summed E-state index contributed by atoms with van der Waals surface area (Å²) in [7, 11) is 0. The highest BCUT2D eigenvalue weighted by molar-refractivity contribution is 5.93. The second-order valence-electron chi connectivity index (χ2n) is 17.0. The Labute approximate surface area is 302 Å². The molecule has 4 aliphatic rings. The van der Waals surface area contributed by atoms with Gasteiger partial charge in [0.15, 0.2) is 5.78 Å². The largest absolute Gasteiger partial charge is 0.458 e. The van der Waals surface area contributed by atoms with Gasteiger partial charge in [-0.2, -0.15) is 22.0 Å². The monoisotopic (exact) mass is 738 g/mol. The Kier molecular flexibility index (Phi) is 10.7. The van der Waals surface area contributed by atoms with Crippen LogP contribution in [0, 0.1) is 17.3 Å². The summed E-state index contributed by atoms with van der Waals surface area (Å²) in [5.41, 5.74) is -2.09. The highest BCUT2D eigenvalue weighted by atomic mass is 19.4. The van der Waals surface area contributed by atoms with Gasteiger partial charge in [-0.05, 0) is 127 Å². The fourth-order valence-corrected chi connectivity index (χ4v) is 9.23. The standard InChI is InChI=1S/C40H51F5O7/c1-23(49-21-32(47)51-35(2,3)4)24-9-11-25(12-10-24)30-20-37(8)31(29-15-13-26-19-27(46)14-16-28(26)34(29)30)17-18-38(37,39(41,42)40(43,44)45)50-22-33(48)52-36(5,6)7/h9-12,19,23,29-31H,13-18,20-22H2,1-8H3/t23?,29?,30-,31?,37+,38+/m1/s1. The van der Waals surface area contributed by atoms with Crippen molar-refractivity contribution in [1.82, 2.24) is 0 Å². The minimum atomic E-state index is -5.95. The number of carbonyl (C=O) groups is 3. The third-order valence-electron chi connectivity index (χ3n) is 11.3. The predicted molar refractivity (Wildman–Crippen MR) is 182 cm³/mol.